The van der Waals surface area contributed by atoms with E-state index in [0.29, 0.717) is 41.2 Å². The fourth-order valence-electron chi connectivity index (χ4n) is 3.32. The Morgan fingerprint density at radius 2 is 1.93 bits per heavy atom. The lowest BCUT2D eigenvalue weighted by atomic mass is 10.1. The van der Waals surface area contributed by atoms with Crippen molar-refractivity contribution in [1.29, 1.82) is 0 Å². The van der Waals surface area contributed by atoms with Gasteiger partial charge in [0.25, 0.3) is 0 Å². The van der Waals surface area contributed by atoms with Crippen molar-refractivity contribution in [3.8, 4) is 11.3 Å². The number of nitrogens with zero attached hydrogens (tertiary/aromatic N) is 5. The molecule has 2 N–H and O–H groups in total. The van der Waals surface area contributed by atoms with Crippen molar-refractivity contribution in [3.05, 3.63) is 42.7 Å². The number of carbonyl (C=O) groups is 1. The van der Waals surface area contributed by atoms with Gasteiger partial charge in [-0.1, -0.05) is 12.1 Å². The van der Waals surface area contributed by atoms with Crippen LogP contribution in [0.15, 0.2) is 47.6 Å². The number of benzene rings is 1. The van der Waals surface area contributed by atoms with Gasteiger partial charge < -0.3 is 9.80 Å². The molecule has 3 aromatic rings. The number of hydrogen-bond acceptors (Lipinski definition) is 7. The van der Waals surface area contributed by atoms with Crippen molar-refractivity contribution >= 4 is 32.8 Å². The van der Waals surface area contributed by atoms with Gasteiger partial charge in [-0.05, 0) is 30.7 Å². The number of anilines is 1. The summed E-state index contributed by atoms with van der Waals surface area (Å²) >= 11 is 0. The van der Waals surface area contributed by atoms with E-state index in [4.69, 9.17) is 10.1 Å². The topological polar surface area (TPSA) is 122 Å². The molecule has 0 radical (unpaired) electrons. The first kappa shape index (κ1) is 19.2. The van der Waals surface area contributed by atoms with Crippen LogP contribution in [-0.4, -0.2) is 60.9 Å². The maximum Gasteiger partial charge on any atom is 0.241 e. The zero-order valence-electron chi connectivity index (χ0n) is 15.8. The summed E-state index contributed by atoms with van der Waals surface area (Å²) in [5.41, 5.74) is 2.38. The van der Waals surface area contributed by atoms with Crippen LogP contribution in [0, 0.1) is 0 Å². The normalized spacial score (nSPS) is 15.6. The summed E-state index contributed by atoms with van der Waals surface area (Å²) in [6.45, 7) is 1.59. The summed E-state index contributed by atoms with van der Waals surface area (Å²) in [7, 11) is -2.03. The van der Waals surface area contributed by atoms with Gasteiger partial charge in [-0.3, -0.25) is 4.79 Å². The average molecular weight is 412 g/mol. The zero-order chi connectivity index (χ0) is 20.6. The Hall–Kier alpha value is -3.11. The molecule has 0 unspecified atom stereocenters. The number of amides is 1. The molecule has 1 aromatic carbocycles. The molecule has 1 aliphatic rings. The molecule has 1 aliphatic heterocycles. The Bertz CT molecular complexity index is 1200. The van der Waals surface area contributed by atoms with E-state index in [1.54, 1.807) is 36.2 Å². The van der Waals surface area contributed by atoms with Crippen LogP contribution in [0.3, 0.4) is 0 Å². The van der Waals surface area contributed by atoms with Gasteiger partial charge in [-0.2, -0.15) is 0 Å². The summed E-state index contributed by atoms with van der Waals surface area (Å²) in [4.78, 5) is 29.3. The van der Waals surface area contributed by atoms with Crippen molar-refractivity contribution in [1.82, 2.24) is 19.9 Å². The van der Waals surface area contributed by atoms with Crippen LogP contribution in [0.2, 0.25) is 0 Å². The van der Waals surface area contributed by atoms with Crippen LogP contribution < -0.4 is 10.0 Å². The first-order valence-electron chi connectivity index (χ1n) is 9.07. The van der Waals surface area contributed by atoms with E-state index in [2.05, 4.69) is 9.97 Å². The molecule has 150 valence electrons. The highest BCUT2D eigenvalue weighted by molar-refractivity contribution is 7.89. The van der Waals surface area contributed by atoms with Crippen LogP contribution in [0.4, 0.5) is 5.82 Å². The minimum absolute atomic E-state index is 0.0163. The largest absolute Gasteiger partial charge is 0.345 e. The predicted molar refractivity (Wildman–Crippen MR) is 109 cm³/mol. The minimum atomic E-state index is -3.82. The molecule has 1 fully saturated rings. The van der Waals surface area contributed by atoms with Gasteiger partial charge in [0.05, 0.1) is 22.7 Å². The lowest BCUT2D eigenvalue weighted by molar-refractivity contribution is -0.127. The van der Waals surface area contributed by atoms with Crippen molar-refractivity contribution in [3.63, 3.8) is 0 Å². The number of primary sulfonamides is 1. The van der Waals surface area contributed by atoms with E-state index in [0.717, 1.165) is 6.42 Å². The van der Waals surface area contributed by atoms with Crippen molar-refractivity contribution in [2.24, 2.45) is 5.14 Å². The number of sulfonamides is 1. The molecule has 1 amide bonds. The van der Waals surface area contributed by atoms with E-state index >= 15 is 0 Å². The number of hydrogen-bond donors (Lipinski definition) is 1. The zero-order valence-corrected chi connectivity index (χ0v) is 16.6. The summed E-state index contributed by atoms with van der Waals surface area (Å²) < 4.78 is 23.3. The number of likely N-dealkylation sites (N-methyl/N-ethyl adjacent to an activating group) is 1. The van der Waals surface area contributed by atoms with E-state index < -0.39 is 10.0 Å². The van der Waals surface area contributed by atoms with E-state index in [1.165, 1.54) is 18.5 Å². The molecule has 0 spiro atoms. The SMILES string of the molecule is CN1CCCN(c2ncnc3ccc(-c4cccc(S(N)(=O)=O)c4)nc23)CC1=O. The molecule has 0 saturated carbocycles. The van der Waals surface area contributed by atoms with E-state index in [-0.39, 0.29) is 17.3 Å². The monoisotopic (exact) mass is 412 g/mol. The van der Waals surface area contributed by atoms with Crippen LogP contribution in [0.1, 0.15) is 6.42 Å². The summed E-state index contributed by atoms with van der Waals surface area (Å²) in [5.74, 6) is 0.606. The van der Waals surface area contributed by atoms with Gasteiger partial charge in [0.15, 0.2) is 5.82 Å². The first-order valence-corrected chi connectivity index (χ1v) is 10.6. The highest BCUT2D eigenvalue weighted by Gasteiger charge is 2.22. The third kappa shape index (κ3) is 3.89. The van der Waals surface area contributed by atoms with Crippen LogP contribution >= 0.6 is 0 Å². The van der Waals surface area contributed by atoms with Gasteiger partial charge in [-0.15, -0.1) is 0 Å². The van der Waals surface area contributed by atoms with Crippen LogP contribution in [0.5, 0.6) is 0 Å². The van der Waals surface area contributed by atoms with Crippen molar-refractivity contribution < 1.29 is 13.2 Å². The fraction of sp³-hybridized carbons (Fsp3) is 0.263. The maximum atomic E-state index is 12.3. The van der Waals surface area contributed by atoms with Gasteiger partial charge >= 0.3 is 0 Å². The Balaban J connectivity index is 1.80. The molecule has 9 nitrogen and oxygen atoms in total. The molecule has 3 heterocycles. The second kappa shape index (κ2) is 7.37. The van der Waals surface area contributed by atoms with Gasteiger partial charge in [0.1, 0.15) is 11.8 Å². The Morgan fingerprint density at radius 3 is 2.72 bits per heavy atom. The quantitative estimate of drug-likeness (QED) is 0.681. The molecule has 0 atom stereocenters. The van der Waals surface area contributed by atoms with Gasteiger partial charge in [0.2, 0.25) is 15.9 Å². The predicted octanol–water partition coefficient (Wildman–Crippen LogP) is 1.01. The molecule has 1 saturated heterocycles. The number of carbonyl (C=O) groups excluding carboxylic acids is 1. The highest BCUT2D eigenvalue weighted by Crippen LogP contribution is 2.27. The first-order chi connectivity index (χ1) is 13.8. The molecule has 10 heteroatoms. The number of fused-ring (bicyclic) bond motifs is 1. The van der Waals surface area contributed by atoms with Crippen molar-refractivity contribution in [2.45, 2.75) is 11.3 Å². The number of pyridine rings is 1. The van der Waals surface area contributed by atoms with E-state index in [1.807, 2.05) is 4.90 Å². The van der Waals surface area contributed by atoms with Crippen LogP contribution in [-0.2, 0) is 14.8 Å². The number of aromatic nitrogens is 3. The lowest BCUT2D eigenvalue weighted by Gasteiger charge is -2.21. The third-order valence-electron chi connectivity index (χ3n) is 4.89. The third-order valence-corrected chi connectivity index (χ3v) is 5.80. The highest BCUT2D eigenvalue weighted by atomic mass is 32.2. The fourth-order valence-corrected chi connectivity index (χ4v) is 3.88. The Morgan fingerprint density at radius 1 is 1.10 bits per heavy atom. The minimum Gasteiger partial charge on any atom is -0.345 e. The van der Waals surface area contributed by atoms with Gasteiger partial charge in [0, 0.05) is 25.7 Å². The molecule has 2 aromatic heterocycles. The average Bonchev–Trinajstić information content (AvgIpc) is 2.87. The Labute approximate surface area is 168 Å². The smallest absolute Gasteiger partial charge is 0.241 e. The molecular weight excluding hydrogens is 392 g/mol. The molecule has 4 rings (SSSR count). The van der Waals surface area contributed by atoms with Crippen LogP contribution in [0.25, 0.3) is 22.3 Å². The molecular formula is C19H20N6O3S. The molecule has 29 heavy (non-hydrogen) atoms. The number of nitrogens with two attached hydrogens (primary N) is 1. The second-order valence-electron chi connectivity index (χ2n) is 6.92. The lowest BCUT2D eigenvalue weighted by Crippen LogP contribution is -2.34. The standard InChI is InChI=1S/C19H20N6O3S/c1-24-8-3-9-25(11-17(24)26)19-18-16(21-12-22-19)7-6-15(23-18)13-4-2-5-14(10-13)29(20,27)28/h2,4-7,10,12H,3,8-9,11H2,1H3,(H2,20,27,28). The van der Waals surface area contributed by atoms with E-state index in [9.17, 15) is 13.2 Å². The second-order valence-corrected chi connectivity index (χ2v) is 8.49. The Kier molecular flexibility index (Phi) is 4.89. The molecule has 0 aliphatic carbocycles. The maximum absolute atomic E-state index is 12.3. The number of rotatable bonds is 3. The molecule has 0 bridgehead atoms. The summed E-state index contributed by atoms with van der Waals surface area (Å²) in [6, 6.07) is 9.87. The van der Waals surface area contributed by atoms with Gasteiger partial charge in [-0.25, -0.2) is 28.5 Å². The summed E-state index contributed by atoms with van der Waals surface area (Å²) in [5, 5.41) is 5.24. The summed E-state index contributed by atoms with van der Waals surface area (Å²) in [6.07, 6.45) is 2.28. The van der Waals surface area contributed by atoms with Crippen molar-refractivity contribution in [2.75, 3.05) is 31.6 Å².